The van der Waals surface area contributed by atoms with Gasteiger partial charge in [-0.05, 0) is 37.3 Å². The Morgan fingerprint density at radius 3 is 2.43 bits per heavy atom. The number of aryl methyl sites for hydroxylation is 1. The summed E-state index contributed by atoms with van der Waals surface area (Å²) in [5, 5.41) is 0. The van der Waals surface area contributed by atoms with Crippen molar-refractivity contribution in [3.63, 3.8) is 0 Å². The van der Waals surface area contributed by atoms with E-state index in [0.717, 1.165) is 10.0 Å². The maximum atomic E-state index is 13.7. The molecule has 6 heteroatoms. The molecule has 0 N–H and O–H groups in total. The number of benzene rings is 2. The van der Waals surface area contributed by atoms with E-state index in [0.29, 0.717) is 16.9 Å². The van der Waals surface area contributed by atoms with Crippen LogP contribution in [0.5, 0.6) is 5.75 Å². The molecule has 1 fully saturated rings. The first-order valence-electron chi connectivity index (χ1n) is 9.53. The first-order chi connectivity index (χ1) is 14.3. The molecule has 2 aliphatic rings. The zero-order valence-electron chi connectivity index (χ0n) is 16.3. The fourth-order valence-corrected chi connectivity index (χ4v) is 5.27. The topological polar surface area (TPSA) is 73.6 Å². The molecule has 1 aliphatic heterocycles. The van der Waals surface area contributed by atoms with Crippen molar-refractivity contribution >= 4 is 33.5 Å². The van der Waals surface area contributed by atoms with E-state index < -0.39 is 28.5 Å². The minimum atomic E-state index is -1.67. The second kappa shape index (κ2) is 6.25. The molecule has 0 amide bonds. The highest BCUT2D eigenvalue weighted by atomic mass is 79.9. The van der Waals surface area contributed by atoms with Crippen molar-refractivity contribution in [1.29, 1.82) is 0 Å². The average Bonchev–Trinajstić information content (AvgIpc) is 3.04. The van der Waals surface area contributed by atoms with E-state index in [-0.39, 0.29) is 11.5 Å². The molecule has 0 radical (unpaired) electrons. The Bertz CT molecular complexity index is 1210. The largest absolute Gasteiger partial charge is 0.461 e. The van der Waals surface area contributed by atoms with Crippen LogP contribution in [0.1, 0.15) is 44.9 Å². The summed E-state index contributed by atoms with van der Waals surface area (Å²) in [6.07, 6.45) is 1.37. The fraction of sp³-hybridized carbons (Fsp3) is 0.208. The molecule has 30 heavy (non-hydrogen) atoms. The minimum absolute atomic E-state index is 0.0378. The van der Waals surface area contributed by atoms with Gasteiger partial charge in [0.1, 0.15) is 5.75 Å². The van der Waals surface area contributed by atoms with Crippen LogP contribution in [-0.4, -0.2) is 17.5 Å². The second-order valence-electron chi connectivity index (χ2n) is 8.02. The lowest BCUT2D eigenvalue weighted by atomic mass is 9.83. The van der Waals surface area contributed by atoms with Gasteiger partial charge in [-0.15, -0.1) is 0 Å². The third kappa shape index (κ3) is 2.25. The lowest BCUT2D eigenvalue weighted by molar-refractivity contribution is -0.140. The standard InChI is InChI=1S/C24H17BrO5/c1-13-5-7-14(8-6-13)20(26)23(2)19-16-12-15(25)9-10-17(16)30-22(28)24(19,23)21(27)18-4-3-11-29-18/h3-12,19H,1-2H3/t19-,23+,24-/m0/s1. The summed E-state index contributed by atoms with van der Waals surface area (Å²) in [6.45, 7) is 3.61. The van der Waals surface area contributed by atoms with Gasteiger partial charge in [-0.1, -0.05) is 52.7 Å². The molecule has 0 spiro atoms. The number of ether oxygens (including phenoxy) is 1. The Kier molecular flexibility index (Phi) is 3.96. The van der Waals surface area contributed by atoms with E-state index in [1.165, 1.54) is 12.3 Å². The number of rotatable bonds is 4. The van der Waals surface area contributed by atoms with Crippen molar-refractivity contribution in [2.24, 2.45) is 10.8 Å². The van der Waals surface area contributed by atoms with Gasteiger partial charge in [0.25, 0.3) is 0 Å². The summed E-state index contributed by atoms with van der Waals surface area (Å²) < 4.78 is 11.7. The highest BCUT2D eigenvalue weighted by molar-refractivity contribution is 9.10. The van der Waals surface area contributed by atoms with Crippen LogP contribution >= 0.6 is 15.9 Å². The summed E-state index contributed by atoms with van der Waals surface area (Å²) in [7, 11) is 0. The fourth-order valence-electron chi connectivity index (χ4n) is 4.89. The highest BCUT2D eigenvalue weighted by Gasteiger charge is 2.88. The van der Waals surface area contributed by atoms with E-state index in [1.54, 1.807) is 37.3 Å². The van der Waals surface area contributed by atoms with Crippen molar-refractivity contribution in [2.45, 2.75) is 19.8 Å². The predicted octanol–water partition coefficient (Wildman–Crippen LogP) is 5.13. The first kappa shape index (κ1) is 19.0. The number of carbonyl (C=O) groups is 3. The summed E-state index contributed by atoms with van der Waals surface area (Å²) >= 11 is 3.44. The number of hydrogen-bond acceptors (Lipinski definition) is 5. The van der Waals surface area contributed by atoms with Gasteiger partial charge < -0.3 is 9.15 Å². The van der Waals surface area contributed by atoms with Crippen LogP contribution in [-0.2, 0) is 4.79 Å². The van der Waals surface area contributed by atoms with Crippen LogP contribution in [0.4, 0.5) is 0 Å². The molecule has 5 rings (SSSR count). The summed E-state index contributed by atoms with van der Waals surface area (Å²) in [4.78, 5) is 40.6. The Labute approximate surface area is 181 Å². The molecular weight excluding hydrogens is 448 g/mol. The van der Waals surface area contributed by atoms with Gasteiger partial charge in [0, 0.05) is 21.5 Å². The third-order valence-electron chi connectivity index (χ3n) is 6.44. The Hall–Kier alpha value is -2.99. The van der Waals surface area contributed by atoms with Crippen molar-refractivity contribution < 1.29 is 23.5 Å². The summed E-state index contributed by atoms with van der Waals surface area (Å²) in [5.41, 5.74) is -0.837. The predicted molar refractivity (Wildman–Crippen MR) is 112 cm³/mol. The molecular formula is C24H17BrO5. The Balaban J connectivity index is 1.73. The quantitative estimate of drug-likeness (QED) is 0.231. The molecule has 0 unspecified atom stereocenters. The van der Waals surface area contributed by atoms with Gasteiger partial charge in [-0.2, -0.15) is 0 Å². The van der Waals surface area contributed by atoms with Crippen molar-refractivity contribution in [3.05, 3.63) is 87.8 Å². The van der Waals surface area contributed by atoms with Gasteiger partial charge in [-0.25, -0.2) is 0 Å². The molecule has 5 nitrogen and oxygen atoms in total. The van der Waals surface area contributed by atoms with Gasteiger partial charge in [0.15, 0.2) is 17.0 Å². The van der Waals surface area contributed by atoms with E-state index in [4.69, 9.17) is 9.15 Å². The summed E-state index contributed by atoms with van der Waals surface area (Å²) in [5.74, 6) is -1.75. The molecule has 0 saturated heterocycles. The third-order valence-corrected chi connectivity index (χ3v) is 6.94. The number of ketones is 2. The van der Waals surface area contributed by atoms with Crippen molar-refractivity contribution in [1.82, 2.24) is 0 Å². The van der Waals surface area contributed by atoms with Crippen LogP contribution in [0.3, 0.4) is 0 Å². The van der Waals surface area contributed by atoms with Gasteiger partial charge in [0.05, 0.1) is 11.7 Å². The molecule has 150 valence electrons. The smallest absolute Gasteiger partial charge is 0.327 e. The Morgan fingerprint density at radius 2 is 1.77 bits per heavy atom. The highest BCUT2D eigenvalue weighted by Crippen LogP contribution is 2.79. The molecule has 1 aromatic heterocycles. The van der Waals surface area contributed by atoms with Gasteiger partial charge >= 0.3 is 5.97 Å². The molecule has 3 aromatic rings. The zero-order chi connectivity index (χ0) is 21.3. The molecule has 2 heterocycles. The average molecular weight is 465 g/mol. The maximum absolute atomic E-state index is 13.7. The Morgan fingerprint density at radius 1 is 1.03 bits per heavy atom. The first-order valence-corrected chi connectivity index (χ1v) is 10.3. The summed E-state index contributed by atoms with van der Waals surface area (Å²) in [6, 6.07) is 15.5. The van der Waals surface area contributed by atoms with E-state index in [2.05, 4.69) is 15.9 Å². The maximum Gasteiger partial charge on any atom is 0.327 e. The minimum Gasteiger partial charge on any atom is -0.461 e. The van der Waals surface area contributed by atoms with Crippen molar-refractivity contribution in [3.8, 4) is 5.75 Å². The number of esters is 1. The van der Waals surface area contributed by atoms with Crippen molar-refractivity contribution in [2.75, 3.05) is 0 Å². The van der Waals surface area contributed by atoms with E-state index in [9.17, 15) is 14.4 Å². The SMILES string of the molecule is Cc1ccc(C(=O)[C@@]2(C)[C@@H]3c4cc(Br)ccc4OC(=O)[C@@]32C(=O)c2ccco2)cc1. The molecule has 1 saturated carbocycles. The normalized spacial score (nSPS) is 26.4. The molecule has 2 aromatic carbocycles. The number of Topliss-reactive ketones (excluding diaryl/α,β-unsaturated/α-hetero) is 2. The molecule has 0 bridgehead atoms. The van der Waals surface area contributed by atoms with Gasteiger partial charge in [0.2, 0.25) is 5.78 Å². The lowest BCUT2D eigenvalue weighted by Gasteiger charge is -2.22. The van der Waals surface area contributed by atoms with Crippen LogP contribution in [0.25, 0.3) is 0 Å². The number of hydrogen-bond donors (Lipinski definition) is 0. The number of fused-ring (bicyclic) bond motifs is 3. The number of carbonyl (C=O) groups excluding carboxylic acids is 3. The van der Waals surface area contributed by atoms with E-state index in [1.807, 2.05) is 25.1 Å². The van der Waals surface area contributed by atoms with Crippen LogP contribution in [0.2, 0.25) is 0 Å². The molecule has 3 atom stereocenters. The van der Waals surface area contributed by atoms with Crippen LogP contribution in [0.15, 0.2) is 69.8 Å². The molecule has 1 aliphatic carbocycles. The lowest BCUT2D eigenvalue weighted by Crippen LogP contribution is -2.39. The number of halogens is 1. The van der Waals surface area contributed by atoms with Crippen LogP contribution < -0.4 is 4.74 Å². The van der Waals surface area contributed by atoms with Gasteiger partial charge in [-0.3, -0.25) is 14.4 Å². The zero-order valence-corrected chi connectivity index (χ0v) is 17.9. The second-order valence-corrected chi connectivity index (χ2v) is 8.93. The van der Waals surface area contributed by atoms with Crippen LogP contribution in [0, 0.1) is 17.8 Å². The monoisotopic (exact) mass is 464 g/mol. The van der Waals surface area contributed by atoms with E-state index >= 15 is 0 Å². The number of furan rings is 1.